The Morgan fingerprint density at radius 2 is 1.05 bits per heavy atom. The minimum absolute atomic E-state index is 0.0290. The molecule has 13 heteroatoms. The molecular weight excluding hydrogens is 577 g/mol. The molecule has 4 heterocycles. The van der Waals surface area contributed by atoms with Gasteiger partial charge in [-0.25, -0.2) is 32.5 Å². The third kappa shape index (κ3) is 5.03. The fourth-order valence-electron chi connectivity index (χ4n) is 4.80. The number of aromatic nitrogens is 3. The zero-order chi connectivity index (χ0) is 30.4. The van der Waals surface area contributed by atoms with Crippen molar-refractivity contribution in [1.29, 1.82) is 0 Å². The number of quaternary nitrogens is 1. The molecule has 0 N–H and O–H groups in total. The summed E-state index contributed by atoms with van der Waals surface area (Å²) >= 11 is 0. The minimum Gasteiger partial charge on any atom is -0.249 e. The Hall–Kier alpha value is -5.30. The van der Waals surface area contributed by atoms with Crippen molar-refractivity contribution in [3.05, 3.63) is 126 Å². The van der Waals surface area contributed by atoms with Gasteiger partial charge in [0.05, 0.1) is 11.1 Å². The molecule has 0 amide bonds. The zero-order valence-electron chi connectivity index (χ0n) is 21.6. The Morgan fingerprint density at radius 1 is 0.558 bits per heavy atom. The molecule has 3 aromatic heterocycles. The van der Waals surface area contributed by atoms with Crippen molar-refractivity contribution >= 4 is 23.3 Å². The second-order valence-corrected chi connectivity index (χ2v) is 9.27. The number of aliphatic imine (C=N–C) groups is 1. The molecule has 0 unspecified atom stereocenters. The van der Waals surface area contributed by atoms with E-state index in [1.54, 1.807) is 0 Å². The van der Waals surface area contributed by atoms with Crippen LogP contribution in [0.3, 0.4) is 0 Å². The molecule has 0 saturated carbocycles. The number of pyridine rings is 3. The fraction of sp³-hybridized carbons (Fsp3) is 0.0333. The van der Waals surface area contributed by atoms with Crippen LogP contribution in [0.5, 0.6) is 0 Å². The van der Waals surface area contributed by atoms with Gasteiger partial charge >= 0.3 is 6.18 Å². The van der Waals surface area contributed by atoms with Crippen molar-refractivity contribution in [2.75, 3.05) is 0 Å². The summed E-state index contributed by atoms with van der Waals surface area (Å²) in [5, 5.41) is 4.04. The van der Waals surface area contributed by atoms with Crippen LogP contribution >= 0.6 is 0 Å². The summed E-state index contributed by atoms with van der Waals surface area (Å²) in [7, 11) is 0. The van der Waals surface area contributed by atoms with Crippen LogP contribution < -0.4 is 4.59 Å². The molecule has 0 atom stereocenters. The molecule has 0 radical (unpaired) electrons. The fourth-order valence-corrected chi connectivity index (χ4v) is 4.80. The summed E-state index contributed by atoms with van der Waals surface area (Å²) in [6.45, 7) is 0. The normalized spacial score (nSPS) is 14.4. The highest BCUT2D eigenvalue weighted by molar-refractivity contribution is 6.19. The van der Waals surface area contributed by atoms with Crippen LogP contribution in [0, 0.1) is 23.3 Å². The number of rotatable bonds is 5. The first-order valence-corrected chi connectivity index (χ1v) is 12.5. The number of amidine groups is 2. The molecule has 1 aliphatic rings. The van der Waals surface area contributed by atoms with E-state index in [4.69, 9.17) is 0 Å². The Labute approximate surface area is 238 Å². The average Bonchev–Trinajstić information content (AvgIpc) is 3.39. The third-order valence-electron chi connectivity index (χ3n) is 6.44. The van der Waals surface area contributed by atoms with Crippen molar-refractivity contribution in [3.63, 3.8) is 0 Å². The average molecular weight is 593 g/mol. The van der Waals surface area contributed by atoms with Crippen LogP contribution in [0.2, 0.25) is 0 Å². The minimum atomic E-state index is -5.08. The predicted molar refractivity (Wildman–Crippen MR) is 145 cm³/mol. The molecule has 0 fully saturated rings. The Balaban J connectivity index is 1.78. The van der Waals surface area contributed by atoms with Crippen molar-refractivity contribution < 1.29 is 30.7 Å². The zero-order valence-corrected chi connectivity index (χ0v) is 21.6. The van der Waals surface area contributed by atoms with E-state index in [0.717, 1.165) is 24.3 Å². The van der Waals surface area contributed by atoms with E-state index >= 15 is 0 Å². The third-order valence-corrected chi connectivity index (χ3v) is 6.44. The van der Waals surface area contributed by atoms with Crippen molar-refractivity contribution in [2.45, 2.75) is 6.18 Å². The SMILES string of the molecule is Fc1cc(F)cc(-c2cccnc2[N+]2(c3ncccc3-c3cc(F)cc(F)c3)N=C(C(F)(F)F)N=C2c2ccccn2)c1. The molecule has 6 rings (SSSR count). The summed E-state index contributed by atoms with van der Waals surface area (Å²) in [4.78, 5) is 16.8. The maximum Gasteiger partial charge on any atom is 0.457 e. The first kappa shape index (κ1) is 27.8. The highest BCUT2D eigenvalue weighted by Crippen LogP contribution is 2.48. The number of nitrogens with zero attached hydrogens (tertiary/aromatic N) is 6. The number of hydrogen-bond donors (Lipinski definition) is 0. The second-order valence-electron chi connectivity index (χ2n) is 9.27. The number of hydrogen-bond acceptors (Lipinski definition) is 5. The van der Waals surface area contributed by atoms with Gasteiger partial charge in [-0.15, -0.1) is 0 Å². The Morgan fingerprint density at radius 3 is 1.49 bits per heavy atom. The molecule has 1 aliphatic heterocycles. The predicted octanol–water partition coefficient (Wildman–Crippen LogP) is 7.74. The first-order chi connectivity index (χ1) is 20.6. The highest BCUT2D eigenvalue weighted by Gasteiger charge is 2.57. The van der Waals surface area contributed by atoms with Crippen LogP contribution in [-0.2, 0) is 0 Å². The molecule has 43 heavy (non-hydrogen) atoms. The monoisotopic (exact) mass is 593 g/mol. The summed E-state index contributed by atoms with van der Waals surface area (Å²) in [5.41, 5.74) is -0.293. The molecule has 5 aromatic rings. The largest absolute Gasteiger partial charge is 0.457 e. The molecule has 0 saturated heterocycles. The van der Waals surface area contributed by atoms with Crippen LogP contribution in [0.15, 0.2) is 108 Å². The summed E-state index contributed by atoms with van der Waals surface area (Å²) < 4.78 is 99.4. The second kappa shape index (κ2) is 10.5. The van der Waals surface area contributed by atoms with Crippen molar-refractivity contribution in [2.24, 2.45) is 10.1 Å². The molecular formula is C30H16F7N6+. The van der Waals surface area contributed by atoms with E-state index in [-0.39, 0.29) is 39.6 Å². The van der Waals surface area contributed by atoms with Gasteiger partial charge in [0.2, 0.25) is 0 Å². The highest BCUT2D eigenvalue weighted by atomic mass is 19.4. The van der Waals surface area contributed by atoms with Gasteiger partial charge in [-0.1, -0.05) is 6.07 Å². The van der Waals surface area contributed by atoms with Crippen LogP contribution in [-0.4, -0.2) is 32.8 Å². The first-order valence-electron chi connectivity index (χ1n) is 12.5. The maximum absolute atomic E-state index is 14.4. The number of benzene rings is 2. The van der Waals surface area contributed by atoms with E-state index in [9.17, 15) is 30.7 Å². The van der Waals surface area contributed by atoms with Gasteiger partial charge in [0.25, 0.3) is 23.3 Å². The molecule has 214 valence electrons. The lowest BCUT2D eigenvalue weighted by molar-refractivity contribution is -0.0599. The van der Waals surface area contributed by atoms with Gasteiger partial charge in [-0.3, -0.25) is 0 Å². The van der Waals surface area contributed by atoms with Gasteiger partial charge in [0.15, 0.2) is 0 Å². The van der Waals surface area contributed by atoms with E-state index in [0.29, 0.717) is 12.1 Å². The smallest absolute Gasteiger partial charge is 0.249 e. The lowest BCUT2D eigenvalue weighted by Gasteiger charge is -2.28. The molecule has 0 bridgehead atoms. The van der Waals surface area contributed by atoms with Crippen molar-refractivity contribution in [1.82, 2.24) is 19.5 Å². The molecule has 0 spiro atoms. The quantitative estimate of drug-likeness (QED) is 0.155. The van der Waals surface area contributed by atoms with Gasteiger partial charge < -0.3 is 0 Å². The van der Waals surface area contributed by atoms with Crippen LogP contribution in [0.25, 0.3) is 22.3 Å². The van der Waals surface area contributed by atoms with E-state index < -0.39 is 45.7 Å². The Kier molecular flexibility index (Phi) is 6.81. The van der Waals surface area contributed by atoms with E-state index in [2.05, 4.69) is 25.0 Å². The Bertz CT molecular complexity index is 1790. The van der Waals surface area contributed by atoms with Gasteiger partial charge in [0, 0.05) is 30.7 Å². The summed E-state index contributed by atoms with van der Waals surface area (Å²) in [6, 6.07) is 15.2. The van der Waals surface area contributed by atoms with E-state index in [1.807, 2.05) is 0 Å². The summed E-state index contributed by atoms with van der Waals surface area (Å²) in [6.07, 6.45) is -1.27. The molecule has 2 aromatic carbocycles. The summed E-state index contributed by atoms with van der Waals surface area (Å²) in [5.74, 6) is -6.43. The van der Waals surface area contributed by atoms with Gasteiger partial charge in [-0.05, 0) is 81.5 Å². The number of alkyl halides is 3. The van der Waals surface area contributed by atoms with Crippen molar-refractivity contribution in [3.8, 4) is 22.3 Å². The number of halogens is 7. The van der Waals surface area contributed by atoms with Crippen LogP contribution in [0.1, 0.15) is 5.69 Å². The lowest BCUT2D eigenvalue weighted by Crippen LogP contribution is -2.45. The van der Waals surface area contributed by atoms with Crippen LogP contribution in [0.4, 0.5) is 42.4 Å². The molecule has 6 nitrogen and oxygen atoms in total. The van der Waals surface area contributed by atoms with Gasteiger partial charge in [0.1, 0.15) is 29.0 Å². The molecule has 0 aliphatic carbocycles. The van der Waals surface area contributed by atoms with Gasteiger partial charge in [-0.2, -0.15) is 18.2 Å². The maximum atomic E-state index is 14.4. The van der Waals surface area contributed by atoms with E-state index in [1.165, 1.54) is 61.1 Å². The standard InChI is InChI=1S/C30H16F7N6/c31-19-11-17(12-20(32)15-19)23-5-3-9-39-26(23)43(27-24(6-4-10-40-27)18-13-21(33)16-22(34)14-18)28(25-7-1-2-8-38-25)41-29(42-43)30(35,36)37/h1-16H/q+1. The topological polar surface area (TPSA) is 63.4 Å². The lowest BCUT2D eigenvalue weighted by atomic mass is 10.0.